The van der Waals surface area contributed by atoms with E-state index in [1.807, 2.05) is 18.2 Å². The molecular weight excluding hydrogens is 378 g/mol. The second kappa shape index (κ2) is 6.65. The van der Waals surface area contributed by atoms with Crippen LogP contribution in [0.25, 0.3) is 5.70 Å². The molecule has 1 atom stereocenters. The van der Waals surface area contributed by atoms with Gasteiger partial charge in [0, 0.05) is 16.3 Å². The molecule has 1 heterocycles. The molecule has 0 unspecified atom stereocenters. The molecule has 0 amide bonds. The van der Waals surface area contributed by atoms with Crippen LogP contribution in [0.4, 0.5) is 4.39 Å². The molecule has 1 aliphatic heterocycles. The highest BCUT2D eigenvalue weighted by Gasteiger charge is 2.21. The van der Waals surface area contributed by atoms with E-state index in [1.165, 1.54) is 12.1 Å². The Morgan fingerprint density at radius 3 is 2.39 bits per heavy atom. The Kier molecular flexibility index (Phi) is 4.78. The Labute approximate surface area is 153 Å². The summed E-state index contributed by atoms with van der Waals surface area (Å²) in [5, 5.41) is 7.52. The number of rotatable bonds is 2. The molecule has 2 aromatic rings. The average molecular weight is 388 g/mol. The summed E-state index contributed by atoms with van der Waals surface area (Å²) < 4.78 is 13.8. The van der Waals surface area contributed by atoms with Crippen LogP contribution >= 0.6 is 47.0 Å². The molecule has 0 saturated carbocycles. The zero-order chi connectivity index (χ0) is 16.6. The largest absolute Gasteiger partial charge is 0.352 e. The summed E-state index contributed by atoms with van der Waals surface area (Å²) in [6.07, 6.45) is 1.88. The molecule has 0 radical (unpaired) electrons. The van der Waals surface area contributed by atoms with Gasteiger partial charge >= 0.3 is 0 Å². The van der Waals surface area contributed by atoms with Crippen LogP contribution in [0.15, 0.2) is 42.5 Å². The first-order valence-electron chi connectivity index (χ1n) is 6.64. The van der Waals surface area contributed by atoms with Gasteiger partial charge in [-0.15, -0.1) is 0 Å². The molecule has 2 aromatic carbocycles. The van der Waals surface area contributed by atoms with Crippen LogP contribution in [0.1, 0.15) is 17.2 Å². The summed E-state index contributed by atoms with van der Waals surface area (Å²) in [6, 6.07) is 9.87. The van der Waals surface area contributed by atoms with Crippen molar-refractivity contribution in [1.29, 1.82) is 0 Å². The van der Waals surface area contributed by atoms with Crippen molar-refractivity contribution in [2.75, 3.05) is 0 Å². The van der Waals surface area contributed by atoms with Crippen molar-refractivity contribution in [2.24, 2.45) is 0 Å². The van der Waals surface area contributed by atoms with E-state index in [2.05, 4.69) is 10.6 Å². The van der Waals surface area contributed by atoms with Gasteiger partial charge in [0.05, 0.1) is 16.1 Å². The summed E-state index contributed by atoms with van der Waals surface area (Å²) in [7, 11) is 0. The first-order valence-corrected chi connectivity index (χ1v) is 8.18. The average Bonchev–Trinajstić information content (AvgIpc) is 2.51. The van der Waals surface area contributed by atoms with Crippen LogP contribution in [0, 0.1) is 5.82 Å². The Morgan fingerprint density at radius 1 is 1.00 bits per heavy atom. The molecule has 0 bridgehead atoms. The normalized spacial score (nSPS) is 17.3. The molecule has 0 fully saturated rings. The summed E-state index contributed by atoms with van der Waals surface area (Å²) in [6.45, 7) is 0. The van der Waals surface area contributed by atoms with E-state index in [0.29, 0.717) is 26.4 Å². The van der Waals surface area contributed by atoms with Gasteiger partial charge in [-0.2, -0.15) is 0 Å². The lowest BCUT2D eigenvalue weighted by atomic mass is 10.0. The third kappa shape index (κ3) is 3.61. The fourth-order valence-electron chi connectivity index (χ4n) is 2.29. The van der Waals surface area contributed by atoms with Gasteiger partial charge in [0.25, 0.3) is 0 Å². The number of hydrogen-bond acceptors (Lipinski definition) is 1. The van der Waals surface area contributed by atoms with Crippen LogP contribution in [0.3, 0.4) is 0 Å². The summed E-state index contributed by atoms with van der Waals surface area (Å²) in [4.78, 5) is 0. The fourth-order valence-corrected chi connectivity index (χ4v) is 3.13. The lowest BCUT2D eigenvalue weighted by molar-refractivity contribution is 0.627. The van der Waals surface area contributed by atoms with Gasteiger partial charge in [-0.1, -0.05) is 46.9 Å². The Bertz CT molecular complexity index is 806. The molecule has 7 heteroatoms. The van der Waals surface area contributed by atoms with E-state index >= 15 is 0 Å². The maximum Gasteiger partial charge on any atom is 0.171 e. The van der Waals surface area contributed by atoms with Crippen molar-refractivity contribution in [1.82, 2.24) is 10.6 Å². The summed E-state index contributed by atoms with van der Waals surface area (Å²) in [5.74, 6) is -0.540. The molecule has 2 N–H and O–H groups in total. The molecule has 23 heavy (non-hydrogen) atoms. The van der Waals surface area contributed by atoms with Gasteiger partial charge in [-0.3, -0.25) is 0 Å². The van der Waals surface area contributed by atoms with Crippen molar-refractivity contribution in [3.63, 3.8) is 0 Å². The van der Waals surface area contributed by atoms with E-state index in [0.717, 1.165) is 5.56 Å². The van der Waals surface area contributed by atoms with Gasteiger partial charge in [0.2, 0.25) is 0 Å². The van der Waals surface area contributed by atoms with Crippen LogP contribution in [0.2, 0.25) is 15.1 Å². The number of halogens is 4. The van der Waals surface area contributed by atoms with E-state index in [9.17, 15) is 4.39 Å². The molecule has 118 valence electrons. The zero-order valence-corrected chi connectivity index (χ0v) is 14.6. The van der Waals surface area contributed by atoms with E-state index in [-0.39, 0.29) is 11.1 Å². The molecular formula is C16H10Cl3FN2S. The third-order valence-corrected chi connectivity index (χ3v) is 4.47. The highest BCUT2D eigenvalue weighted by Crippen LogP contribution is 2.31. The molecule has 1 aliphatic rings. The standard InChI is InChI=1S/C16H10Cl3FN2S/c17-9-3-1-8(2-4-9)14-7-15(22-16(23)21-14)10-5-13(20)12(19)6-11(10)18/h1-7,14H,(H2,21,22,23)/t14-/m1/s1. The lowest BCUT2D eigenvalue weighted by Gasteiger charge is -2.26. The predicted molar refractivity (Wildman–Crippen MR) is 97.5 cm³/mol. The fraction of sp³-hybridized carbons (Fsp3) is 0.0625. The second-order valence-corrected chi connectivity index (χ2v) is 6.61. The Morgan fingerprint density at radius 2 is 1.70 bits per heavy atom. The highest BCUT2D eigenvalue weighted by molar-refractivity contribution is 7.80. The number of benzene rings is 2. The summed E-state index contributed by atoms with van der Waals surface area (Å²) in [5.41, 5.74) is 2.09. The van der Waals surface area contributed by atoms with Gasteiger partial charge < -0.3 is 10.6 Å². The first-order chi connectivity index (χ1) is 10.9. The zero-order valence-electron chi connectivity index (χ0n) is 11.5. The minimum atomic E-state index is -0.540. The van der Waals surface area contributed by atoms with Crippen LogP contribution in [-0.4, -0.2) is 5.11 Å². The van der Waals surface area contributed by atoms with Crippen molar-refractivity contribution < 1.29 is 4.39 Å². The second-order valence-electron chi connectivity index (χ2n) is 4.95. The molecule has 2 nitrogen and oxygen atoms in total. The van der Waals surface area contributed by atoms with E-state index in [4.69, 9.17) is 47.0 Å². The quantitative estimate of drug-likeness (QED) is 0.537. The first kappa shape index (κ1) is 16.5. The molecule has 0 saturated heterocycles. The molecule has 0 aliphatic carbocycles. The topological polar surface area (TPSA) is 24.1 Å². The van der Waals surface area contributed by atoms with Crippen LogP contribution in [-0.2, 0) is 0 Å². The molecule has 3 rings (SSSR count). The maximum atomic E-state index is 13.8. The van der Waals surface area contributed by atoms with Gasteiger partial charge in [0.1, 0.15) is 5.82 Å². The smallest absolute Gasteiger partial charge is 0.171 e. The predicted octanol–water partition coefficient (Wildman–Crippen LogP) is 5.35. The highest BCUT2D eigenvalue weighted by atomic mass is 35.5. The minimum Gasteiger partial charge on any atom is -0.352 e. The van der Waals surface area contributed by atoms with Gasteiger partial charge in [-0.25, -0.2) is 4.39 Å². The van der Waals surface area contributed by atoms with Crippen LogP contribution < -0.4 is 10.6 Å². The molecule has 0 spiro atoms. The number of thiocarbonyl (C=S) groups is 1. The minimum absolute atomic E-state index is 0.0230. The van der Waals surface area contributed by atoms with Gasteiger partial charge in [-0.05, 0) is 48.1 Å². The van der Waals surface area contributed by atoms with Gasteiger partial charge in [0.15, 0.2) is 5.11 Å². The Balaban J connectivity index is 2.03. The van der Waals surface area contributed by atoms with E-state index < -0.39 is 5.82 Å². The number of hydrogen-bond donors (Lipinski definition) is 2. The van der Waals surface area contributed by atoms with Crippen LogP contribution in [0.5, 0.6) is 0 Å². The van der Waals surface area contributed by atoms with Crippen molar-refractivity contribution in [3.05, 3.63) is 74.5 Å². The lowest BCUT2D eigenvalue weighted by Crippen LogP contribution is -2.40. The molecule has 0 aromatic heterocycles. The maximum absolute atomic E-state index is 13.8. The monoisotopic (exact) mass is 386 g/mol. The van der Waals surface area contributed by atoms with Crippen molar-refractivity contribution in [3.8, 4) is 0 Å². The van der Waals surface area contributed by atoms with Crippen molar-refractivity contribution in [2.45, 2.75) is 6.04 Å². The number of nitrogens with one attached hydrogen (secondary N) is 2. The SMILES string of the molecule is Fc1cc(C2=C[C@H](c3ccc(Cl)cc3)NC(=S)N2)c(Cl)cc1Cl. The third-order valence-electron chi connectivity index (χ3n) is 3.40. The van der Waals surface area contributed by atoms with E-state index in [1.54, 1.807) is 12.1 Å². The van der Waals surface area contributed by atoms with Crippen molar-refractivity contribution >= 4 is 57.8 Å². The Hall–Kier alpha value is -1.33. The summed E-state index contributed by atoms with van der Waals surface area (Å²) >= 11 is 23.1.